The molecule has 0 fully saturated rings. The fourth-order valence-corrected chi connectivity index (χ4v) is 0.993. The van der Waals surface area contributed by atoms with E-state index in [-0.39, 0.29) is 24.2 Å². The van der Waals surface area contributed by atoms with E-state index in [4.69, 9.17) is 0 Å². The molecule has 0 bridgehead atoms. The van der Waals surface area contributed by atoms with E-state index in [2.05, 4.69) is 0 Å². The summed E-state index contributed by atoms with van der Waals surface area (Å²) in [5.41, 5.74) is -0.507. The summed E-state index contributed by atoms with van der Waals surface area (Å²) in [6, 6.07) is 2.25. The molecule has 0 saturated heterocycles. The van der Waals surface area contributed by atoms with Gasteiger partial charge in [0.2, 0.25) is 0 Å². The fraction of sp³-hybridized carbons (Fsp3) is 0.250. The number of aldehydes is 1. The van der Waals surface area contributed by atoms with Gasteiger partial charge in [0, 0.05) is 25.1 Å². The van der Waals surface area contributed by atoms with E-state index in [0.717, 1.165) is 22.9 Å². The Labute approximate surface area is 78.9 Å². The highest BCUT2D eigenvalue weighted by atomic mass is 16.6. The van der Waals surface area contributed by atoms with Crippen molar-refractivity contribution in [2.24, 2.45) is 0 Å². The van der Waals surface area contributed by atoms with E-state index in [9.17, 15) is 19.7 Å². The molecule has 0 aliphatic carbocycles. The van der Waals surface area contributed by atoms with Gasteiger partial charge in [-0.05, 0) is 0 Å². The zero-order valence-electron chi connectivity index (χ0n) is 7.25. The van der Waals surface area contributed by atoms with Crippen LogP contribution in [0.25, 0.3) is 0 Å². The smallest absolute Gasteiger partial charge is 0.285 e. The standard InChI is InChI=1S/C8H8N2O4/c11-5-1-4-9-6-7(10(13)14)2-3-8(9)12/h2-3,5-6H,1,4H2. The van der Waals surface area contributed by atoms with E-state index < -0.39 is 4.92 Å². The number of hydrogen-bond donors (Lipinski definition) is 0. The molecule has 0 N–H and O–H groups in total. The Morgan fingerprint density at radius 1 is 1.50 bits per heavy atom. The van der Waals surface area contributed by atoms with Gasteiger partial charge < -0.3 is 9.36 Å². The highest BCUT2D eigenvalue weighted by Crippen LogP contribution is 2.06. The number of nitrogens with zero attached hydrogens (tertiary/aromatic N) is 2. The molecule has 0 aliphatic rings. The highest BCUT2D eigenvalue weighted by Gasteiger charge is 2.06. The topological polar surface area (TPSA) is 82.2 Å². The van der Waals surface area contributed by atoms with Gasteiger partial charge in [-0.2, -0.15) is 0 Å². The Hall–Kier alpha value is -1.98. The molecule has 0 spiro atoms. The average Bonchev–Trinajstić information content (AvgIpc) is 2.16. The number of aromatic nitrogens is 1. The van der Waals surface area contributed by atoms with Crippen LogP contribution in [0.4, 0.5) is 5.69 Å². The molecule has 0 unspecified atom stereocenters. The molecule has 0 aliphatic heterocycles. The van der Waals surface area contributed by atoms with Crippen molar-refractivity contribution in [3.05, 3.63) is 38.8 Å². The van der Waals surface area contributed by atoms with Crippen LogP contribution >= 0.6 is 0 Å². The molecule has 6 nitrogen and oxygen atoms in total. The number of rotatable bonds is 4. The van der Waals surface area contributed by atoms with Crippen molar-refractivity contribution in [2.75, 3.05) is 0 Å². The Kier molecular flexibility index (Phi) is 3.11. The Morgan fingerprint density at radius 3 is 2.79 bits per heavy atom. The van der Waals surface area contributed by atoms with Crippen molar-refractivity contribution in [3.8, 4) is 0 Å². The van der Waals surface area contributed by atoms with Crippen LogP contribution in [-0.4, -0.2) is 15.8 Å². The highest BCUT2D eigenvalue weighted by molar-refractivity contribution is 5.49. The maximum Gasteiger partial charge on any atom is 0.285 e. The number of aryl methyl sites for hydroxylation is 1. The van der Waals surface area contributed by atoms with E-state index in [1.165, 1.54) is 0 Å². The third-order valence-electron chi connectivity index (χ3n) is 1.67. The summed E-state index contributed by atoms with van der Waals surface area (Å²) < 4.78 is 1.15. The number of hydrogen-bond acceptors (Lipinski definition) is 4. The lowest BCUT2D eigenvalue weighted by Crippen LogP contribution is -2.18. The summed E-state index contributed by atoms with van der Waals surface area (Å²) >= 11 is 0. The van der Waals surface area contributed by atoms with E-state index >= 15 is 0 Å². The van der Waals surface area contributed by atoms with Crippen LogP contribution in [-0.2, 0) is 11.3 Å². The molecule has 1 heterocycles. The monoisotopic (exact) mass is 196 g/mol. The minimum Gasteiger partial charge on any atom is -0.308 e. The molecule has 74 valence electrons. The summed E-state index contributed by atoms with van der Waals surface area (Å²) in [5, 5.41) is 10.4. The molecule has 0 aromatic carbocycles. The molecular weight excluding hydrogens is 188 g/mol. The van der Waals surface area contributed by atoms with Gasteiger partial charge in [0.25, 0.3) is 11.2 Å². The first-order valence-corrected chi connectivity index (χ1v) is 3.93. The van der Waals surface area contributed by atoms with E-state index in [1.54, 1.807) is 0 Å². The minimum absolute atomic E-state index is 0.157. The SMILES string of the molecule is O=CCCn1cc([N+](=O)[O-])ccc1=O. The molecule has 0 radical (unpaired) electrons. The maximum absolute atomic E-state index is 11.1. The molecule has 1 rings (SSSR count). The molecule has 0 atom stereocenters. The lowest BCUT2D eigenvalue weighted by Gasteiger charge is -2.00. The average molecular weight is 196 g/mol. The second kappa shape index (κ2) is 4.31. The van der Waals surface area contributed by atoms with Gasteiger partial charge >= 0.3 is 0 Å². The normalized spacial score (nSPS) is 9.71. The van der Waals surface area contributed by atoms with E-state index in [1.807, 2.05) is 0 Å². The minimum atomic E-state index is -0.586. The van der Waals surface area contributed by atoms with Crippen LogP contribution in [0.15, 0.2) is 23.1 Å². The van der Waals surface area contributed by atoms with Crippen LogP contribution < -0.4 is 5.56 Å². The molecule has 0 saturated carbocycles. The summed E-state index contributed by atoms with van der Waals surface area (Å²) in [6.07, 6.45) is 1.96. The summed E-state index contributed by atoms with van der Waals surface area (Å²) in [6.45, 7) is 0.171. The second-order valence-electron chi connectivity index (χ2n) is 2.63. The number of carbonyl (C=O) groups is 1. The molecule has 0 amide bonds. The molecular formula is C8H8N2O4. The zero-order valence-corrected chi connectivity index (χ0v) is 7.25. The van der Waals surface area contributed by atoms with Gasteiger partial charge in [-0.1, -0.05) is 0 Å². The number of carbonyl (C=O) groups excluding carboxylic acids is 1. The van der Waals surface area contributed by atoms with Gasteiger partial charge in [0.15, 0.2) is 0 Å². The predicted octanol–water partition coefficient (Wildman–Crippen LogP) is 0.345. The molecule has 1 aromatic heterocycles. The van der Waals surface area contributed by atoms with Crippen molar-refractivity contribution < 1.29 is 9.72 Å². The first-order valence-electron chi connectivity index (χ1n) is 3.93. The number of nitro groups is 1. The van der Waals surface area contributed by atoms with Crippen molar-refractivity contribution in [3.63, 3.8) is 0 Å². The Bertz CT molecular complexity index is 410. The first kappa shape index (κ1) is 10.1. The summed E-state index contributed by atoms with van der Waals surface area (Å²) in [4.78, 5) is 31.0. The molecule has 6 heteroatoms. The lowest BCUT2D eigenvalue weighted by atomic mass is 10.4. The van der Waals surface area contributed by atoms with Crippen molar-refractivity contribution in [1.82, 2.24) is 4.57 Å². The van der Waals surface area contributed by atoms with Gasteiger partial charge in [-0.25, -0.2) is 0 Å². The van der Waals surface area contributed by atoms with E-state index in [0.29, 0.717) is 6.29 Å². The van der Waals surface area contributed by atoms with Crippen LogP contribution in [0.2, 0.25) is 0 Å². The quantitative estimate of drug-likeness (QED) is 0.395. The maximum atomic E-state index is 11.1. The zero-order chi connectivity index (χ0) is 10.6. The largest absolute Gasteiger partial charge is 0.308 e. The third-order valence-corrected chi connectivity index (χ3v) is 1.67. The Balaban J connectivity index is 3.02. The van der Waals surface area contributed by atoms with Crippen LogP contribution in [0.5, 0.6) is 0 Å². The number of pyridine rings is 1. The Morgan fingerprint density at radius 2 is 2.21 bits per heavy atom. The van der Waals surface area contributed by atoms with Crippen LogP contribution in [0, 0.1) is 10.1 Å². The molecule has 14 heavy (non-hydrogen) atoms. The van der Waals surface area contributed by atoms with Gasteiger partial charge in [-0.15, -0.1) is 0 Å². The van der Waals surface area contributed by atoms with Crippen LogP contribution in [0.3, 0.4) is 0 Å². The van der Waals surface area contributed by atoms with Gasteiger partial charge in [0.05, 0.1) is 11.1 Å². The fourth-order valence-electron chi connectivity index (χ4n) is 0.993. The third kappa shape index (κ3) is 2.25. The van der Waals surface area contributed by atoms with Crippen LogP contribution in [0.1, 0.15) is 6.42 Å². The van der Waals surface area contributed by atoms with Gasteiger partial charge in [0.1, 0.15) is 6.29 Å². The van der Waals surface area contributed by atoms with Crippen molar-refractivity contribution in [2.45, 2.75) is 13.0 Å². The lowest BCUT2D eigenvalue weighted by molar-refractivity contribution is -0.385. The first-order chi connectivity index (χ1) is 6.65. The van der Waals surface area contributed by atoms with Crippen molar-refractivity contribution in [1.29, 1.82) is 0 Å². The van der Waals surface area contributed by atoms with Crippen molar-refractivity contribution >= 4 is 12.0 Å². The molecule has 1 aromatic rings. The van der Waals surface area contributed by atoms with Gasteiger partial charge in [-0.3, -0.25) is 14.9 Å². The second-order valence-corrected chi connectivity index (χ2v) is 2.63. The predicted molar refractivity (Wildman–Crippen MR) is 48.0 cm³/mol. The summed E-state index contributed by atoms with van der Waals surface area (Å²) in [5.74, 6) is 0. The summed E-state index contributed by atoms with van der Waals surface area (Å²) in [7, 11) is 0.